The molecule has 0 unspecified atom stereocenters. The summed E-state index contributed by atoms with van der Waals surface area (Å²) in [4.78, 5) is 7.24. The zero-order valence-electron chi connectivity index (χ0n) is 29.6. The second-order valence-corrected chi connectivity index (χ2v) is 14.0. The summed E-state index contributed by atoms with van der Waals surface area (Å²) in [6.07, 6.45) is 1.98. The summed E-state index contributed by atoms with van der Waals surface area (Å²) in [6.45, 7) is 0. The van der Waals surface area contributed by atoms with E-state index in [1.807, 2.05) is 18.3 Å². The molecule has 0 spiro atoms. The van der Waals surface area contributed by atoms with Gasteiger partial charge in [-0.05, 0) is 105 Å². The normalized spacial score (nSPS) is 12.1. The summed E-state index contributed by atoms with van der Waals surface area (Å²) in [5.74, 6) is 0. The van der Waals surface area contributed by atoms with E-state index in [0.717, 1.165) is 61.3 Å². The Morgan fingerprint density at radius 2 is 1.11 bits per heavy atom. The lowest BCUT2D eigenvalue weighted by molar-refractivity contribution is 0.669. The standard InChI is InChI=1S/C50H33N3O/c1-52(34-16-3-2-4-17-34)46-23-10-5-14-32(46)31-51-33-15-13-18-35(26-33)53-47-24-11-8-21-38(47)44-27-40-36-19-6-7-20-37(36)41-28-45-39-22-9-12-25-49(39)54-50(45)30-43(41)42(40)29-48(44)53/h2-31H,1H3/b51-31+. The largest absolute Gasteiger partial charge is 0.456 e. The van der Waals surface area contributed by atoms with Crippen LogP contribution >= 0.6 is 0 Å². The molecular formula is C50H33N3O. The van der Waals surface area contributed by atoms with Crippen molar-refractivity contribution in [3.8, 4) is 5.69 Å². The zero-order chi connectivity index (χ0) is 35.8. The molecule has 0 fully saturated rings. The van der Waals surface area contributed by atoms with Gasteiger partial charge in [0.1, 0.15) is 11.2 Å². The highest BCUT2D eigenvalue weighted by atomic mass is 16.3. The van der Waals surface area contributed by atoms with Crippen LogP contribution in [0.2, 0.25) is 0 Å². The molecule has 0 bridgehead atoms. The summed E-state index contributed by atoms with van der Waals surface area (Å²) < 4.78 is 8.83. The molecule has 254 valence electrons. The maximum Gasteiger partial charge on any atom is 0.136 e. The minimum atomic E-state index is 0.889. The van der Waals surface area contributed by atoms with Crippen molar-refractivity contribution in [1.82, 2.24) is 4.57 Å². The number of aromatic nitrogens is 1. The highest BCUT2D eigenvalue weighted by molar-refractivity contribution is 6.31. The fourth-order valence-corrected chi connectivity index (χ4v) is 8.46. The van der Waals surface area contributed by atoms with Crippen LogP contribution < -0.4 is 4.90 Å². The Morgan fingerprint density at radius 3 is 1.94 bits per heavy atom. The molecule has 0 radical (unpaired) electrons. The van der Waals surface area contributed by atoms with Gasteiger partial charge in [-0.3, -0.25) is 4.99 Å². The van der Waals surface area contributed by atoms with Crippen LogP contribution in [-0.4, -0.2) is 17.8 Å². The van der Waals surface area contributed by atoms with E-state index >= 15 is 0 Å². The average molecular weight is 692 g/mol. The molecule has 0 aliphatic rings. The first-order valence-electron chi connectivity index (χ1n) is 18.3. The predicted molar refractivity (Wildman–Crippen MR) is 229 cm³/mol. The maximum atomic E-state index is 6.44. The van der Waals surface area contributed by atoms with Crippen LogP contribution in [0, 0.1) is 0 Å². The third kappa shape index (κ3) is 4.67. The first-order chi connectivity index (χ1) is 26.7. The van der Waals surface area contributed by atoms with Crippen LogP contribution in [0.5, 0.6) is 0 Å². The number of hydrogen-bond acceptors (Lipinski definition) is 3. The first-order valence-corrected chi connectivity index (χ1v) is 18.3. The topological polar surface area (TPSA) is 33.7 Å². The molecule has 0 aliphatic carbocycles. The third-order valence-corrected chi connectivity index (χ3v) is 11.0. The van der Waals surface area contributed by atoms with Crippen molar-refractivity contribution in [2.75, 3.05) is 11.9 Å². The Labute approximate surface area is 311 Å². The predicted octanol–water partition coefficient (Wildman–Crippen LogP) is 13.7. The van der Waals surface area contributed by atoms with Gasteiger partial charge in [0, 0.05) is 57.4 Å². The molecule has 0 amide bonds. The van der Waals surface area contributed by atoms with Crippen LogP contribution in [0.4, 0.5) is 17.1 Å². The lowest BCUT2D eigenvalue weighted by Crippen LogP contribution is -2.11. The number of anilines is 2. The number of aliphatic imine (C=N–C) groups is 1. The average Bonchev–Trinajstić information content (AvgIpc) is 3.77. The first kappa shape index (κ1) is 30.5. The number of nitrogens with zero attached hydrogens (tertiary/aromatic N) is 3. The van der Waals surface area contributed by atoms with E-state index in [9.17, 15) is 0 Å². The minimum Gasteiger partial charge on any atom is -0.456 e. The van der Waals surface area contributed by atoms with Crippen LogP contribution in [-0.2, 0) is 0 Å². The molecule has 0 saturated carbocycles. The Morgan fingerprint density at radius 1 is 0.463 bits per heavy atom. The van der Waals surface area contributed by atoms with E-state index in [4.69, 9.17) is 9.41 Å². The molecule has 0 atom stereocenters. The molecule has 0 N–H and O–H groups in total. The smallest absolute Gasteiger partial charge is 0.136 e. The molecule has 11 rings (SSSR count). The number of furan rings is 1. The van der Waals surface area contributed by atoms with Crippen molar-refractivity contribution in [3.05, 3.63) is 181 Å². The van der Waals surface area contributed by atoms with E-state index in [1.54, 1.807) is 0 Å². The summed E-state index contributed by atoms with van der Waals surface area (Å²) in [5, 5.41) is 12.1. The number of benzene rings is 9. The van der Waals surface area contributed by atoms with Crippen molar-refractivity contribution >= 4 is 99.3 Å². The van der Waals surface area contributed by atoms with Crippen molar-refractivity contribution in [2.45, 2.75) is 0 Å². The highest BCUT2D eigenvalue weighted by Gasteiger charge is 2.18. The Balaban J connectivity index is 1.12. The fourth-order valence-electron chi connectivity index (χ4n) is 8.46. The van der Waals surface area contributed by atoms with Crippen LogP contribution in [0.15, 0.2) is 185 Å². The number of fused-ring (bicyclic) bond motifs is 12. The van der Waals surface area contributed by atoms with E-state index in [-0.39, 0.29) is 0 Å². The summed E-state index contributed by atoms with van der Waals surface area (Å²) >= 11 is 0. The highest BCUT2D eigenvalue weighted by Crippen LogP contribution is 2.43. The van der Waals surface area contributed by atoms with E-state index < -0.39 is 0 Å². The SMILES string of the molecule is CN(c1ccccc1)c1ccccc1/C=N/c1cccc(-n2c3ccccc3c3cc4c5ccccc5c5cc6c(cc5c4cc32)oc2ccccc26)c1. The maximum absolute atomic E-state index is 6.44. The lowest BCUT2D eigenvalue weighted by Gasteiger charge is -2.21. The summed E-state index contributed by atoms with van der Waals surface area (Å²) in [5.41, 5.74) is 9.36. The monoisotopic (exact) mass is 691 g/mol. The van der Waals surface area contributed by atoms with Crippen LogP contribution in [0.3, 0.4) is 0 Å². The molecular weight excluding hydrogens is 659 g/mol. The fraction of sp³-hybridized carbons (Fsp3) is 0.0200. The van der Waals surface area contributed by atoms with Gasteiger partial charge in [0.25, 0.3) is 0 Å². The van der Waals surface area contributed by atoms with Gasteiger partial charge in [-0.15, -0.1) is 0 Å². The van der Waals surface area contributed by atoms with Gasteiger partial charge < -0.3 is 13.9 Å². The van der Waals surface area contributed by atoms with Crippen LogP contribution in [0.1, 0.15) is 5.56 Å². The molecule has 11 aromatic rings. The molecule has 4 nitrogen and oxygen atoms in total. The number of rotatable bonds is 5. The van der Waals surface area contributed by atoms with Crippen molar-refractivity contribution < 1.29 is 4.42 Å². The third-order valence-electron chi connectivity index (χ3n) is 11.0. The van der Waals surface area contributed by atoms with Gasteiger partial charge in [-0.25, -0.2) is 0 Å². The quantitative estimate of drug-likeness (QED) is 0.133. The van der Waals surface area contributed by atoms with Crippen molar-refractivity contribution in [3.63, 3.8) is 0 Å². The van der Waals surface area contributed by atoms with Gasteiger partial charge in [-0.1, -0.05) is 103 Å². The van der Waals surface area contributed by atoms with Gasteiger partial charge in [0.05, 0.1) is 16.7 Å². The molecule has 4 heteroatoms. The molecule has 9 aromatic carbocycles. The Bertz CT molecular complexity index is 3300. The lowest BCUT2D eigenvalue weighted by atomic mass is 9.92. The zero-order valence-corrected chi connectivity index (χ0v) is 29.6. The van der Waals surface area contributed by atoms with Gasteiger partial charge in [0.15, 0.2) is 0 Å². The molecule has 2 aromatic heterocycles. The molecule has 0 aliphatic heterocycles. The summed E-state index contributed by atoms with van der Waals surface area (Å²) in [7, 11) is 2.10. The summed E-state index contributed by atoms with van der Waals surface area (Å²) in [6, 6.07) is 62.6. The molecule has 0 saturated heterocycles. The van der Waals surface area contributed by atoms with Gasteiger partial charge in [-0.2, -0.15) is 0 Å². The molecule has 54 heavy (non-hydrogen) atoms. The van der Waals surface area contributed by atoms with E-state index in [1.165, 1.54) is 43.1 Å². The Hall–Kier alpha value is -7.17. The second kappa shape index (κ2) is 11.9. The number of hydrogen-bond donors (Lipinski definition) is 0. The molecule has 2 heterocycles. The van der Waals surface area contributed by atoms with Gasteiger partial charge >= 0.3 is 0 Å². The minimum absolute atomic E-state index is 0.889. The van der Waals surface area contributed by atoms with Crippen molar-refractivity contribution in [2.24, 2.45) is 4.99 Å². The number of para-hydroxylation sites is 4. The van der Waals surface area contributed by atoms with Crippen LogP contribution in [0.25, 0.3) is 81.7 Å². The van der Waals surface area contributed by atoms with Gasteiger partial charge in [0.2, 0.25) is 0 Å². The Kier molecular flexibility index (Phi) is 6.73. The van der Waals surface area contributed by atoms with E-state index in [2.05, 4.69) is 180 Å². The van der Waals surface area contributed by atoms with Crippen molar-refractivity contribution in [1.29, 1.82) is 0 Å². The van der Waals surface area contributed by atoms with E-state index in [0.29, 0.717) is 0 Å². The second-order valence-electron chi connectivity index (χ2n) is 14.0.